The number of H-pyrrole nitrogens is 1. The molecular formula is C24H24N8OS. The monoisotopic (exact) mass is 472 g/mol. The van der Waals surface area contributed by atoms with Crippen molar-refractivity contribution in [3.8, 4) is 11.5 Å². The smallest absolute Gasteiger partial charge is 0.242 e. The van der Waals surface area contributed by atoms with Crippen LogP contribution in [0.5, 0.6) is 0 Å². The Kier molecular flexibility index (Phi) is 5.21. The highest BCUT2D eigenvalue weighted by Gasteiger charge is 2.31. The first-order valence-electron chi connectivity index (χ1n) is 11.4. The van der Waals surface area contributed by atoms with Gasteiger partial charge in [-0.05, 0) is 30.7 Å². The molecule has 34 heavy (non-hydrogen) atoms. The van der Waals surface area contributed by atoms with Crippen LogP contribution in [-0.2, 0) is 11.3 Å². The molecule has 1 saturated heterocycles. The molecule has 0 aliphatic carbocycles. The maximum Gasteiger partial charge on any atom is 0.242 e. The molecule has 1 aromatic carbocycles. The van der Waals surface area contributed by atoms with Crippen LogP contribution >= 0.6 is 11.3 Å². The zero-order valence-corrected chi connectivity index (χ0v) is 19.6. The van der Waals surface area contributed by atoms with Crippen LogP contribution < -0.4 is 4.90 Å². The number of nitrogens with one attached hydrogen (secondary N) is 1. The number of rotatable bonds is 5. The molecule has 5 heterocycles. The maximum absolute atomic E-state index is 13.3. The van der Waals surface area contributed by atoms with Crippen molar-refractivity contribution in [2.24, 2.45) is 0 Å². The van der Waals surface area contributed by atoms with Gasteiger partial charge in [-0.25, -0.2) is 19.9 Å². The summed E-state index contributed by atoms with van der Waals surface area (Å²) < 4.78 is 1.83. The van der Waals surface area contributed by atoms with E-state index in [1.807, 2.05) is 51.4 Å². The van der Waals surface area contributed by atoms with E-state index in [-0.39, 0.29) is 18.5 Å². The Hall–Kier alpha value is -3.79. The minimum atomic E-state index is 0.0956. The molecule has 1 amide bonds. The first kappa shape index (κ1) is 20.8. The number of anilines is 1. The lowest BCUT2D eigenvalue weighted by Crippen LogP contribution is -2.55. The number of pyridine rings is 1. The number of thiazole rings is 1. The predicted molar refractivity (Wildman–Crippen MR) is 133 cm³/mol. The van der Waals surface area contributed by atoms with E-state index in [9.17, 15) is 4.79 Å². The van der Waals surface area contributed by atoms with Crippen LogP contribution in [0.3, 0.4) is 0 Å². The molecule has 0 bridgehead atoms. The number of benzene rings is 1. The van der Waals surface area contributed by atoms with Gasteiger partial charge < -0.3 is 19.4 Å². The van der Waals surface area contributed by atoms with E-state index < -0.39 is 0 Å². The number of fused-ring (bicyclic) bond motifs is 2. The molecule has 172 valence electrons. The fourth-order valence-electron chi connectivity index (χ4n) is 4.66. The summed E-state index contributed by atoms with van der Waals surface area (Å²) in [6, 6.07) is 11.9. The highest BCUT2D eigenvalue weighted by atomic mass is 32.1. The normalized spacial score (nSPS) is 16.6. The minimum Gasteiger partial charge on any atom is -0.358 e. The maximum atomic E-state index is 13.3. The zero-order valence-electron chi connectivity index (χ0n) is 18.8. The van der Waals surface area contributed by atoms with Crippen molar-refractivity contribution >= 4 is 44.4 Å². The predicted octanol–water partition coefficient (Wildman–Crippen LogP) is 3.56. The molecule has 1 aliphatic rings. The highest BCUT2D eigenvalue weighted by Crippen LogP contribution is 2.34. The Morgan fingerprint density at radius 2 is 2.00 bits per heavy atom. The standard InChI is InChI=1S/C24H24N8OS/c1-2-16-12-30(24-21(27-15-34-24)22-28-17-6-3-4-7-18(17)29-22)10-11-32(16)20(33)13-31-14-26-19-8-5-9-25-23(19)31/h3-9,14-16H,2,10-13H2,1H3,(H,28,29). The third kappa shape index (κ3) is 3.60. The number of nitrogens with zero attached hydrogens (tertiary/aromatic N) is 7. The Balaban J connectivity index is 1.21. The van der Waals surface area contributed by atoms with Gasteiger partial charge in [0.15, 0.2) is 11.5 Å². The van der Waals surface area contributed by atoms with Gasteiger partial charge in [0.2, 0.25) is 5.91 Å². The molecule has 1 unspecified atom stereocenters. The van der Waals surface area contributed by atoms with Gasteiger partial charge >= 0.3 is 0 Å². The fourth-order valence-corrected chi connectivity index (χ4v) is 5.49. The number of carbonyl (C=O) groups is 1. The van der Waals surface area contributed by atoms with Gasteiger partial charge in [-0.1, -0.05) is 19.1 Å². The minimum absolute atomic E-state index is 0.0956. The Bertz CT molecular complexity index is 1440. The number of piperazine rings is 1. The van der Waals surface area contributed by atoms with Crippen molar-refractivity contribution in [1.29, 1.82) is 0 Å². The Morgan fingerprint density at radius 1 is 1.12 bits per heavy atom. The van der Waals surface area contributed by atoms with E-state index >= 15 is 0 Å². The second kappa shape index (κ2) is 8.53. The molecule has 0 radical (unpaired) electrons. The van der Waals surface area contributed by atoms with Crippen molar-refractivity contribution < 1.29 is 4.79 Å². The lowest BCUT2D eigenvalue weighted by atomic mass is 10.1. The number of para-hydroxylation sites is 2. The van der Waals surface area contributed by atoms with E-state index in [0.717, 1.165) is 58.2 Å². The molecule has 9 nitrogen and oxygen atoms in total. The van der Waals surface area contributed by atoms with Gasteiger partial charge in [-0.15, -0.1) is 11.3 Å². The summed E-state index contributed by atoms with van der Waals surface area (Å²) in [6.07, 6.45) is 4.31. The van der Waals surface area contributed by atoms with Gasteiger partial charge in [-0.2, -0.15) is 0 Å². The van der Waals surface area contributed by atoms with Crippen LogP contribution in [0.25, 0.3) is 33.7 Å². The topological polar surface area (TPSA) is 95.8 Å². The van der Waals surface area contributed by atoms with Gasteiger partial charge in [0, 0.05) is 31.9 Å². The Morgan fingerprint density at radius 3 is 2.88 bits per heavy atom. The van der Waals surface area contributed by atoms with Crippen LogP contribution in [0.4, 0.5) is 5.00 Å². The molecule has 6 rings (SSSR count). The molecule has 4 aromatic heterocycles. The second-order valence-corrected chi connectivity index (χ2v) is 9.26. The van der Waals surface area contributed by atoms with Crippen LogP contribution in [0.1, 0.15) is 13.3 Å². The fraction of sp³-hybridized carbons (Fsp3) is 0.292. The van der Waals surface area contributed by atoms with E-state index in [0.29, 0.717) is 6.54 Å². The molecule has 1 N–H and O–H groups in total. The summed E-state index contributed by atoms with van der Waals surface area (Å²) >= 11 is 1.62. The van der Waals surface area contributed by atoms with Crippen molar-refractivity contribution in [1.82, 2.24) is 34.4 Å². The molecule has 10 heteroatoms. The third-order valence-electron chi connectivity index (χ3n) is 6.40. The largest absolute Gasteiger partial charge is 0.358 e. The number of aromatic nitrogens is 6. The number of carbonyl (C=O) groups excluding carboxylic acids is 1. The number of hydrogen-bond acceptors (Lipinski definition) is 7. The van der Waals surface area contributed by atoms with Crippen LogP contribution in [0.2, 0.25) is 0 Å². The second-order valence-electron chi connectivity index (χ2n) is 8.42. The summed E-state index contributed by atoms with van der Waals surface area (Å²) in [7, 11) is 0. The molecule has 1 atom stereocenters. The van der Waals surface area contributed by atoms with Crippen molar-refractivity contribution in [3.05, 3.63) is 54.4 Å². The average molecular weight is 473 g/mol. The van der Waals surface area contributed by atoms with Gasteiger partial charge in [0.25, 0.3) is 0 Å². The molecule has 1 fully saturated rings. The summed E-state index contributed by atoms with van der Waals surface area (Å²) in [6.45, 7) is 4.56. The first-order valence-corrected chi connectivity index (χ1v) is 12.3. The molecule has 1 aliphatic heterocycles. The van der Waals surface area contributed by atoms with Crippen molar-refractivity contribution in [3.63, 3.8) is 0 Å². The Labute approximate surface area is 200 Å². The lowest BCUT2D eigenvalue weighted by Gasteiger charge is -2.41. The molecule has 0 spiro atoms. The zero-order chi connectivity index (χ0) is 23.1. The molecular weight excluding hydrogens is 448 g/mol. The summed E-state index contributed by atoms with van der Waals surface area (Å²) in [5, 5.41) is 1.09. The average Bonchev–Trinajstić information content (AvgIpc) is 3.61. The van der Waals surface area contributed by atoms with Gasteiger partial charge in [0.05, 0.1) is 22.9 Å². The number of imidazole rings is 2. The van der Waals surface area contributed by atoms with Crippen LogP contribution in [0.15, 0.2) is 54.4 Å². The lowest BCUT2D eigenvalue weighted by molar-refractivity contribution is -0.134. The van der Waals surface area contributed by atoms with E-state index in [2.05, 4.69) is 31.8 Å². The van der Waals surface area contributed by atoms with Gasteiger partial charge in [0.1, 0.15) is 22.8 Å². The van der Waals surface area contributed by atoms with Crippen LogP contribution in [-0.4, -0.2) is 66.0 Å². The molecule has 0 saturated carbocycles. The number of hydrogen-bond donors (Lipinski definition) is 1. The summed E-state index contributed by atoms with van der Waals surface area (Å²) in [4.78, 5) is 39.1. The van der Waals surface area contributed by atoms with Gasteiger partial charge in [-0.3, -0.25) is 4.79 Å². The van der Waals surface area contributed by atoms with Crippen LogP contribution in [0, 0.1) is 0 Å². The quantitative estimate of drug-likeness (QED) is 0.420. The van der Waals surface area contributed by atoms with Crippen molar-refractivity contribution in [2.45, 2.75) is 25.9 Å². The summed E-state index contributed by atoms with van der Waals surface area (Å²) in [5.74, 6) is 0.877. The van der Waals surface area contributed by atoms with E-state index in [1.54, 1.807) is 23.9 Å². The number of aromatic amines is 1. The van der Waals surface area contributed by atoms with E-state index in [4.69, 9.17) is 4.98 Å². The van der Waals surface area contributed by atoms with Crippen molar-refractivity contribution in [2.75, 3.05) is 24.5 Å². The third-order valence-corrected chi connectivity index (χ3v) is 7.29. The summed E-state index contributed by atoms with van der Waals surface area (Å²) in [5.41, 5.74) is 6.21. The highest BCUT2D eigenvalue weighted by molar-refractivity contribution is 7.14. The SMILES string of the molecule is CCC1CN(c2scnc2-c2nc3ccccc3[nH]2)CCN1C(=O)Cn1cnc2cccnc21. The first-order chi connectivity index (χ1) is 16.7. The number of amides is 1. The molecule has 5 aromatic rings. The van der Waals surface area contributed by atoms with E-state index in [1.165, 1.54) is 0 Å².